The maximum atomic E-state index is 16.1. The van der Waals surface area contributed by atoms with Crippen LogP contribution in [-0.4, -0.2) is 46.8 Å². The van der Waals surface area contributed by atoms with E-state index in [9.17, 15) is 9.59 Å². The molecular weight excluding hydrogens is 543 g/mol. The van der Waals surface area contributed by atoms with E-state index < -0.39 is 5.82 Å². The number of carbonyl (C=O) groups is 2. The van der Waals surface area contributed by atoms with E-state index in [4.69, 9.17) is 4.98 Å². The SMILES string of the molecule is CC(=O)c1ccc(-c2nccc3[nH]c(-c4n[nH]c5cnc(-c6cncc(NC(=O)CC(C)(C)C)c6)c(F)c45)nc23)s1. The molecule has 0 aliphatic rings. The predicted molar refractivity (Wildman–Crippen MR) is 156 cm³/mol. The zero-order chi connectivity index (χ0) is 28.9. The molecule has 6 aromatic heterocycles. The van der Waals surface area contributed by atoms with Crippen molar-refractivity contribution in [2.45, 2.75) is 34.1 Å². The Bertz CT molecular complexity index is 1970. The van der Waals surface area contributed by atoms with Gasteiger partial charge in [-0.3, -0.25) is 29.6 Å². The minimum atomic E-state index is -0.602. The number of nitrogens with zero attached hydrogens (tertiary/aromatic N) is 5. The summed E-state index contributed by atoms with van der Waals surface area (Å²) < 4.78 is 16.1. The van der Waals surface area contributed by atoms with Gasteiger partial charge in [0.1, 0.15) is 22.6 Å². The van der Waals surface area contributed by atoms with Crippen molar-refractivity contribution in [1.82, 2.24) is 35.1 Å². The van der Waals surface area contributed by atoms with Gasteiger partial charge >= 0.3 is 0 Å². The van der Waals surface area contributed by atoms with Gasteiger partial charge < -0.3 is 10.3 Å². The summed E-state index contributed by atoms with van der Waals surface area (Å²) in [5.41, 5.74) is 3.29. The topological polar surface area (TPSA) is 142 Å². The second-order valence-corrected chi connectivity index (χ2v) is 12.0. The van der Waals surface area contributed by atoms with E-state index in [-0.39, 0.29) is 33.9 Å². The zero-order valence-electron chi connectivity index (χ0n) is 22.7. The quantitative estimate of drug-likeness (QED) is 0.197. The number of anilines is 1. The lowest BCUT2D eigenvalue weighted by Gasteiger charge is -2.17. The number of fused-ring (bicyclic) bond motifs is 2. The van der Waals surface area contributed by atoms with Gasteiger partial charge in [0.15, 0.2) is 17.4 Å². The Balaban J connectivity index is 1.39. The summed E-state index contributed by atoms with van der Waals surface area (Å²) in [6.45, 7) is 7.45. The van der Waals surface area contributed by atoms with Crippen LogP contribution in [0.5, 0.6) is 0 Å². The minimum Gasteiger partial charge on any atom is -0.336 e. The highest BCUT2D eigenvalue weighted by molar-refractivity contribution is 7.17. The highest BCUT2D eigenvalue weighted by Gasteiger charge is 2.22. The first-order valence-electron chi connectivity index (χ1n) is 12.8. The Morgan fingerprint density at radius 1 is 1.02 bits per heavy atom. The van der Waals surface area contributed by atoms with Crippen LogP contribution >= 0.6 is 11.3 Å². The fraction of sp³-hybridized carbons (Fsp3) is 0.207. The van der Waals surface area contributed by atoms with Gasteiger partial charge in [-0.25, -0.2) is 9.37 Å². The highest BCUT2D eigenvalue weighted by Crippen LogP contribution is 2.35. The van der Waals surface area contributed by atoms with Crippen molar-refractivity contribution in [3.63, 3.8) is 0 Å². The van der Waals surface area contributed by atoms with Crippen molar-refractivity contribution in [3.05, 3.63) is 59.7 Å². The lowest BCUT2D eigenvalue weighted by Crippen LogP contribution is -2.19. The van der Waals surface area contributed by atoms with E-state index in [2.05, 4.69) is 35.5 Å². The number of aromatic nitrogens is 7. The number of carbonyl (C=O) groups excluding carboxylic acids is 2. The molecule has 10 nitrogen and oxygen atoms in total. The number of hydrogen-bond donors (Lipinski definition) is 3. The summed E-state index contributed by atoms with van der Waals surface area (Å²) >= 11 is 1.34. The molecule has 12 heteroatoms. The van der Waals surface area contributed by atoms with Crippen LogP contribution < -0.4 is 5.32 Å². The van der Waals surface area contributed by atoms with Crippen LogP contribution in [0, 0.1) is 11.2 Å². The molecule has 6 heterocycles. The number of H-pyrrole nitrogens is 2. The fourth-order valence-corrected chi connectivity index (χ4v) is 5.45. The van der Waals surface area contributed by atoms with E-state index in [0.717, 1.165) is 4.88 Å². The number of halogens is 1. The van der Waals surface area contributed by atoms with E-state index in [0.29, 0.717) is 50.6 Å². The zero-order valence-corrected chi connectivity index (χ0v) is 23.5. The van der Waals surface area contributed by atoms with Crippen molar-refractivity contribution < 1.29 is 14.0 Å². The number of pyridine rings is 3. The Kier molecular flexibility index (Phi) is 6.41. The number of Topliss-reactive ketones (excluding diaryl/α,β-unsaturated/α-hetero) is 1. The standard InChI is InChI=1S/C29H25FN8O2S/c1-14(39)19-5-6-20(41-19)26-25-17(7-8-32-26)35-28(36-25)27-22-18(37-38-27)13-33-24(23(22)30)15-9-16(12-31-11-15)34-21(40)10-29(2,3)4/h5-9,11-13H,10H2,1-4H3,(H,34,40)(H,35,36)(H,37,38). The molecule has 6 rings (SSSR count). The molecule has 0 bridgehead atoms. The number of imidazole rings is 1. The molecule has 0 radical (unpaired) electrons. The molecule has 41 heavy (non-hydrogen) atoms. The summed E-state index contributed by atoms with van der Waals surface area (Å²) in [7, 11) is 0. The van der Waals surface area contributed by atoms with Crippen molar-refractivity contribution in [3.8, 4) is 33.3 Å². The lowest BCUT2D eigenvalue weighted by molar-refractivity contribution is -0.117. The van der Waals surface area contributed by atoms with Crippen LogP contribution in [0.1, 0.15) is 43.8 Å². The normalized spacial score (nSPS) is 11.8. The Morgan fingerprint density at radius 2 is 1.85 bits per heavy atom. The maximum Gasteiger partial charge on any atom is 0.224 e. The molecule has 0 aliphatic heterocycles. The van der Waals surface area contributed by atoms with Crippen LogP contribution in [0.15, 0.2) is 49.1 Å². The second kappa shape index (κ2) is 9.97. The third kappa shape index (κ3) is 5.09. The van der Waals surface area contributed by atoms with Crippen LogP contribution in [0.25, 0.3) is 55.3 Å². The first kappa shape index (κ1) is 26.4. The molecule has 0 unspecified atom stereocenters. The molecule has 6 aromatic rings. The second-order valence-electron chi connectivity index (χ2n) is 10.9. The maximum absolute atomic E-state index is 16.1. The largest absolute Gasteiger partial charge is 0.336 e. The third-order valence-corrected chi connectivity index (χ3v) is 7.54. The third-order valence-electron chi connectivity index (χ3n) is 6.34. The van der Waals surface area contributed by atoms with Gasteiger partial charge in [-0.05, 0) is 36.6 Å². The number of rotatable bonds is 6. The van der Waals surface area contributed by atoms with E-state index >= 15 is 4.39 Å². The van der Waals surface area contributed by atoms with Crippen molar-refractivity contribution in [2.24, 2.45) is 5.41 Å². The molecule has 0 saturated carbocycles. The van der Waals surface area contributed by atoms with Crippen molar-refractivity contribution in [1.29, 1.82) is 0 Å². The van der Waals surface area contributed by atoms with Crippen LogP contribution in [0.2, 0.25) is 0 Å². The molecule has 0 aliphatic carbocycles. The van der Waals surface area contributed by atoms with Gasteiger partial charge in [-0.15, -0.1) is 11.3 Å². The number of ketones is 1. The van der Waals surface area contributed by atoms with Gasteiger partial charge in [0, 0.05) is 24.4 Å². The molecule has 1 amide bonds. The van der Waals surface area contributed by atoms with Crippen molar-refractivity contribution in [2.75, 3.05) is 5.32 Å². The lowest BCUT2D eigenvalue weighted by atomic mass is 9.92. The molecule has 0 atom stereocenters. The Labute approximate surface area is 237 Å². The van der Waals surface area contributed by atoms with E-state index in [1.165, 1.54) is 36.9 Å². The molecule has 0 aromatic carbocycles. The highest BCUT2D eigenvalue weighted by atomic mass is 32.1. The van der Waals surface area contributed by atoms with Gasteiger partial charge in [-0.1, -0.05) is 20.8 Å². The van der Waals surface area contributed by atoms with Gasteiger partial charge in [0.2, 0.25) is 5.91 Å². The first-order valence-corrected chi connectivity index (χ1v) is 13.6. The van der Waals surface area contributed by atoms with Gasteiger partial charge in [0.25, 0.3) is 0 Å². The number of hydrogen-bond acceptors (Lipinski definition) is 8. The number of nitrogens with one attached hydrogen (secondary N) is 3. The number of aromatic amines is 2. The summed E-state index contributed by atoms with van der Waals surface area (Å²) in [5.74, 6) is -0.432. The Morgan fingerprint density at radius 3 is 2.61 bits per heavy atom. The number of thiophene rings is 1. The van der Waals surface area contributed by atoms with Gasteiger partial charge in [-0.2, -0.15) is 5.10 Å². The predicted octanol–water partition coefficient (Wildman–Crippen LogP) is 6.40. The molecule has 206 valence electrons. The smallest absolute Gasteiger partial charge is 0.224 e. The van der Waals surface area contributed by atoms with Crippen LogP contribution in [0.4, 0.5) is 10.1 Å². The minimum absolute atomic E-state index is 0.0213. The summed E-state index contributed by atoms with van der Waals surface area (Å²) in [6, 6.07) is 7.02. The first-order chi connectivity index (χ1) is 19.6. The summed E-state index contributed by atoms with van der Waals surface area (Å²) in [4.78, 5) is 46.6. The average Bonchev–Trinajstić information content (AvgIpc) is 3.65. The summed E-state index contributed by atoms with van der Waals surface area (Å²) in [6.07, 6.45) is 6.48. The molecular formula is C29H25FN8O2S. The molecule has 0 saturated heterocycles. The van der Waals surface area contributed by atoms with E-state index in [1.807, 2.05) is 26.8 Å². The summed E-state index contributed by atoms with van der Waals surface area (Å²) in [5, 5.41) is 10.2. The molecule has 3 N–H and O–H groups in total. The van der Waals surface area contributed by atoms with Crippen LogP contribution in [0.3, 0.4) is 0 Å². The fourth-order valence-electron chi connectivity index (χ4n) is 4.55. The average molecular weight is 569 g/mol. The monoisotopic (exact) mass is 568 g/mol. The Hall–Kier alpha value is -4.84. The van der Waals surface area contributed by atoms with Crippen molar-refractivity contribution >= 4 is 50.7 Å². The van der Waals surface area contributed by atoms with E-state index in [1.54, 1.807) is 24.4 Å². The van der Waals surface area contributed by atoms with Gasteiger partial charge in [0.05, 0.1) is 44.3 Å². The molecule has 0 spiro atoms. The molecule has 0 fully saturated rings. The number of amides is 1. The van der Waals surface area contributed by atoms with Crippen LogP contribution in [-0.2, 0) is 4.79 Å².